The van der Waals surface area contributed by atoms with Crippen LogP contribution in [0.1, 0.15) is 28.4 Å². The summed E-state index contributed by atoms with van der Waals surface area (Å²) in [7, 11) is 0. The van der Waals surface area contributed by atoms with Gasteiger partial charge in [-0.1, -0.05) is 42.5 Å². The average Bonchev–Trinajstić information content (AvgIpc) is 2.69. The van der Waals surface area contributed by atoms with Crippen molar-refractivity contribution < 1.29 is 14.6 Å². The van der Waals surface area contributed by atoms with E-state index in [1.807, 2.05) is 18.2 Å². The van der Waals surface area contributed by atoms with Crippen molar-refractivity contribution in [3.63, 3.8) is 0 Å². The first kappa shape index (κ1) is 19.5. The molecule has 1 unspecified atom stereocenters. The van der Waals surface area contributed by atoms with Crippen LogP contribution in [-0.2, 0) is 17.8 Å². The van der Waals surface area contributed by atoms with Gasteiger partial charge >= 0.3 is 5.97 Å². The topological polar surface area (TPSA) is 53.0 Å². The molecule has 0 spiro atoms. The fraction of sp³-hybridized carbons (Fsp3) is 0.409. The molecule has 1 heterocycles. The van der Waals surface area contributed by atoms with Gasteiger partial charge in [-0.05, 0) is 30.2 Å². The van der Waals surface area contributed by atoms with Crippen LogP contribution in [0, 0.1) is 0 Å². The van der Waals surface area contributed by atoms with Gasteiger partial charge in [0.15, 0.2) is 0 Å². The van der Waals surface area contributed by atoms with Gasteiger partial charge in [-0.15, -0.1) is 0 Å². The van der Waals surface area contributed by atoms with E-state index in [2.05, 4.69) is 41.0 Å². The molecular formula is C22H28N2O3. The summed E-state index contributed by atoms with van der Waals surface area (Å²) < 4.78 is 5.46. The summed E-state index contributed by atoms with van der Waals surface area (Å²) >= 11 is 0. The summed E-state index contributed by atoms with van der Waals surface area (Å²) in [4.78, 5) is 16.2. The Kier molecular flexibility index (Phi) is 6.98. The summed E-state index contributed by atoms with van der Waals surface area (Å²) in [6.45, 7) is 8.33. The fourth-order valence-corrected chi connectivity index (χ4v) is 3.50. The van der Waals surface area contributed by atoms with Crippen molar-refractivity contribution in [2.75, 3.05) is 32.8 Å². The molecule has 1 fully saturated rings. The van der Waals surface area contributed by atoms with Crippen LogP contribution in [0.5, 0.6) is 0 Å². The standard InChI is InChI=1S/C22H28N2O3/c1-18(15-23-10-12-27-13-11-23)24(16-19-6-3-2-4-7-19)17-20-8-5-9-21(14-20)22(25)26/h2-9,14,18H,10-13,15-17H2,1H3,(H,25,26). The summed E-state index contributed by atoms with van der Waals surface area (Å²) in [6, 6.07) is 18.0. The smallest absolute Gasteiger partial charge is 0.335 e. The van der Waals surface area contributed by atoms with Crippen molar-refractivity contribution in [3.05, 3.63) is 71.3 Å². The highest BCUT2D eigenvalue weighted by Gasteiger charge is 2.20. The normalized spacial score (nSPS) is 16.4. The molecule has 1 aliphatic rings. The minimum atomic E-state index is -0.882. The zero-order valence-electron chi connectivity index (χ0n) is 15.9. The third-order valence-electron chi connectivity index (χ3n) is 5.04. The minimum absolute atomic E-state index is 0.341. The molecule has 1 N–H and O–H groups in total. The summed E-state index contributed by atoms with van der Waals surface area (Å²) in [5.74, 6) is -0.882. The van der Waals surface area contributed by atoms with Gasteiger partial charge in [-0.3, -0.25) is 9.80 Å². The van der Waals surface area contributed by atoms with Gasteiger partial charge in [0, 0.05) is 38.8 Å². The highest BCUT2D eigenvalue weighted by molar-refractivity contribution is 5.87. The minimum Gasteiger partial charge on any atom is -0.478 e. The van der Waals surface area contributed by atoms with E-state index in [9.17, 15) is 9.90 Å². The maximum Gasteiger partial charge on any atom is 0.335 e. The quantitative estimate of drug-likeness (QED) is 0.776. The molecule has 5 nitrogen and oxygen atoms in total. The van der Waals surface area contributed by atoms with E-state index in [0.29, 0.717) is 11.6 Å². The van der Waals surface area contributed by atoms with E-state index >= 15 is 0 Å². The Labute approximate surface area is 161 Å². The molecule has 0 aromatic heterocycles. The van der Waals surface area contributed by atoms with Crippen molar-refractivity contribution in [1.29, 1.82) is 0 Å². The first-order valence-corrected chi connectivity index (χ1v) is 9.52. The van der Waals surface area contributed by atoms with Crippen LogP contribution >= 0.6 is 0 Å². The Morgan fingerprint density at radius 2 is 1.74 bits per heavy atom. The van der Waals surface area contributed by atoms with E-state index in [-0.39, 0.29) is 0 Å². The number of benzene rings is 2. The number of morpholine rings is 1. The molecule has 5 heteroatoms. The van der Waals surface area contributed by atoms with Crippen LogP contribution in [0.15, 0.2) is 54.6 Å². The molecule has 1 aliphatic heterocycles. The van der Waals surface area contributed by atoms with Crippen LogP contribution in [0.2, 0.25) is 0 Å². The number of hydrogen-bond acceptors (Lipinski definition) is 4. The summed E-state index contributed by atoms with van der Waals surface area (Å²) in [5.41, 5.74) is 2.63. The first-order chi connectivity index (χ1) is 13.1. The highest BCUT2D eigenvalue weighted by atomic mass is 16.5. The molecule has 0 saturated carbocycles. The van der Waals surface area contributed by atoms with Crippen molar-refractivity contribution in [3.8, 4) is 0 Å². The molecule has 144 valence electrons. The van der Waals surface area contributed by atoms with E-state index in [0.717, 1.165) is 51.5 Å². The largest absolute Gasteiger partial charge is 0.478 e. The third kappa shape index (κ3) is 5.89. The maximum absolute atomic E-state index is 11.3. The zero-order valence-corrected chi connectivity index (χ0v) is 15.9. The lowest BCUT2D eigenvalue weighted by Crippen LogP contribution is -2.45. The Morgan fingerprint density at radius 3 is 2.44 bits per heavy atom. The Balaban J connectivity index is 1.74. The van der Waals surface area contributed by atoms with Crippen molar-refractivity contribution in [2.45, 2.75) is 26.1 Å². The van der Waals surface area contributed by atoms with Gasteiger partial charge in [0.25, 0.3) is 0 Å². The highest BCUT2D eigenvalue weighted by Crippen LogP contribution is 2.16. The van der Waals surface area contributed by atoms with Crippen LogP contribution in [0.4, 0.5) is 0 Å². The Hall–Kier alpha value is -2.21. The van der Waals surface area contributed by atoms with Crippen molar-refractivity contribution >= 4 is 5.97 Å². The number of carbonyl (C=O) groups is 1. The van der Waals surface area contributed by atoms with Crippen molar-refractivity contribution in [2.24, 2.45) is 0 Å². The number of ether oxygens (including phenoxy) is 1. The molecule has 0 bridgehead atoms. The molecule has 2 aromatic rings. The second-order valence-corrected chi connectivity index (χ2v) is 7.16. The van der Waals surface area contributed by atoms with Crippen LogP contribution in [-0.4, -0.2) is 59.8 Å². The predicted octanol–water partition coefficient (Wildman–Crippen LogP) is 3.11. The zero-order chi connectivity index (χ0) is 19.1. The first-order valence-electron chi connectivity index (χ1n) is 9.52. The van der Waals surface area contributed by atoms with E-state index in [1.54, 1.807) is 12.1 Å². The fourth-order valence-electron chi connectivity index (χ4n) is 3.50. The van der Waals surface area contributed by atoms with Gasteiger partial charge in [-0.25, -0.2) is 4.79 Å². The van der Waals surface area contributed by atoms with Gasteiger partial charge in [0.05, 0.1) is 18.8 Å². The molecule has 1 saturated heterocycles. The summed E-state index contributed by atoms with van der Waals surface area (Å²) in [5, 5.41) is 9.27. The van der Waals surface area contributed by atoms with Crippen LogP contribution in [0.3, 0.4) is 0 Å². The monoisotopic (exact) mass is 368 g/mol. The molecule has 27 heavy (non-hydrogen) atoms. The molecular weight excluding hydrogens is 340 g/mol. The number of nitrogens with zero attached hydrogens (tertiary/aromatic N) is 2. The van der Waals surface area contributed by atoms with Crippen molar-refractivity contribution in [1.82, 2.24) is 9.80 Å². The maximum atomic E-state index is 11.3. The predicted molar refractivity (Wildman–Crippen MR) is 106 cm³/mol. The SMILES string of the molecule is CC(CN1CCOCC1)N(Cc1ccccc1)Cc1cccc(C(=O)O)c1. The van der Waals surface area contributed by atoms with Gasteiger partial charge in [-0.2, -0.15) is 0 Å². The molecule has 0 amide bonds. The second-order valence-electron chi connectivity index (χ2n) is 7.16. The van der Waals surface area contributed by atoms with Crippen LogP contribution < -0.4 is 0 Å². The lowest BCUT2D eigenvalue weighted by atomic mass is 10.1. The molecule has 0 radical (unpaired) electrons. The van der Waals surface area contributed by atoms with Gasteiger partial charge in [0.2, 0.25) is 0 Å². The van der Waals surface area contributed by atoms with E-state index < -0.39 is 5.97 Å². The third-order valence-corrected chi connectivity index (χ3v) is 5.04. The number of aromatic carboxylic acids is 1. The molecule has 0 aliphatic carbocycles. The number of carboxylic acids is 1. The second kappa shape index (κ2) is 9.65. The molecule has 2 aromatic carbocycles. The average molecular weight is 368 g/mol. The van der Waals surface area contributed by atoms with Gasteiger partial charge in [0.1, 0.15) is 0 Å². The number of carboxylic acid groups (broad SMARTS) is 1. The molecule has 3 rings (SSSR count). The van der Waals surface area contributed by atoms with Gasteiger partial charge < -0.3 is 9.84 Å². The number of rotatable bonds is 8. The van der Waals surface area contributed by atoms with E-state index in [1.165, 1.54) is 5.56 Å². The Morgan fingerprint density at radius 1 is 1.07 bits per heavy atom. The molecule has 1 atom stereocenters. The Bertz CT molecular complexity index is 729. The lowest BCUT2D eigenvalue weighted by molar-refractivity contribution is 0.0226. The lowest BCUT2D eigenvalue weighted by Gasteiger charge is -2.35. The van der Waals surface area contributed by atoms with Crippen LogP contribution in [0.25, 0.3) is 0 Å². The van der Waals surface area contributed by atoms with E-state index in [4.69, 9.17) is 4.74 Å². The summed E-state index contributed by atoms with van der Waals surface area (Å²) in [6.07, 6.45) is 0. The number of hydrogen-bond donors (Lipinski definition) is 1.